The molecular weight excluding hydrogens is 274 g/mol. The van der Waals surface area contributed by atoms with Crippen LogP contribution in [0.1, 0.15) is 16.8 Å². The molecule has 1 unspecified atom stereocenters. The zero-order chi connectivity index (χ0) is 14.1. The van der Waals surface area contributed by atoms with Gasteiger partial charge in [0.2, 0.25) is 5.91 Å². The Morgan fingerprint density at radius 3 is 2.30 bits per heavy atom. The molecule has 0 radical (unpaired) electrons. The molecule has 0 bridgehead atoms. The van der Waals surface area contributed by atoms with Crippen LogP contribution in [0.4, 0.5) is 5.69 Å². The van der Waals surface area contributed by atoms with Gasteiger partial charge in [-0.15, -0.1) is 0 Å². The number of amides is 1. The number of carbonyl (C=O) groups is 2. The SMILES string of the molecule is O=C(c1ccccc1)C1CC(=O)N1c1ccc(Cl)cc1. The average molecular weight is 286 g/mol. The topological polar surface area (TPSA) is 37.4 Å². The van der Waals surface area contributed by atoms with Gasteiger partial charge in [-0.2, -0.15) is 0 Å². The molecule has 1 saturated heterocycles. The van der Waals surface area contributed by atoms with Crippen LogP contribution in [0.25, 0.3) is 0 Å². The number of hydrogen-bond acceptors (Lipinski definition) is 2. The van der Waals surface area contributed by atoms with Crippen molar-refractivity contribution in [2.24, 2.45) is 0 Å². The van der Waals surface area contributed by atoms with Gasteiger partial charge in [0.25, 0.3) is 0 Å². The predicted octanol–water partition coefficient (Wildman–Crippen LogP) is 3.33. The molecule has 2 aromatic carbocycles. The summed E-state index contributed by atoms with van der Waals surface area (Å²) in [5, 5.41) is 0.604. The monoisotopic (exact) mass is 285 g/mol. The molecule has 1 aliphatic rings. The number of benzene rings is 2. The number of anilines is 1. The first-order valence-electron chi connectivity index (χ1n) is 6.34. The molecule has 0 aromatic heterocycles. The largest absolute Gasteiger partial charge is 0.301 e. The second-order valence-corrected chi connectivity index (χ2v) is 5.13. The Kier molecular flexibility index (Phi) is 3.28. The quantitative estimate of drug-likeness (QED) is 0.641. The van der Waals surface area contributed by atoms with Crippen molar-refractivity contribution in [2.45, 2.75) is 12.5 Å². The summed E-state index contributed by atoms with van der Waals surface area (Å²) in [6.45, 7) is 0. The summed E-state index contributed by atoms with van der Waals surface area (Å²) in [6.07, 6.45) is 0.260. The van der Waals surface area contributed by atoms with E-state index in [4.69, 9.17) is 11.6 Å². The summed E-state index contributed by atoms with van der Waals surface area (Å²) < 4.78 is 0. The van der Waals surface area contributed by atoms with E-state index in [1.165, 1.54) is 4.90 Å². The second kappa shape index (κ2) is 5.10. The van der Waals surface area contributed by atoms with Crippen LogP contribution in [-0.4, -0.2) is 17.7 Å². The van der Waals surface area contributed by atoms with E-state index in [0.29, 0.717) is 16.3 Å². The molecule has 0 saturated carbocycles. The van der Waals surface area contributed by atoms with E-state index in [0.717, 1.165) is 0 Å². The molecule has 0 spiro atoms. The molecule has 1 heterocycles. The highest BCUT2D eigenvalue weighted by atomic mass is 35.5. The van der Waals surface area contributed by atoms with Gasteiger partial charge in [-0.3, -0.25) is 9.59 Å². The van der Waals surface area contributed by atoms with E-state index in [1.807, 2.05) is 18.2 Å². The van der Waals surface area contributed by atoms with Crippen molar-refractivity contribution in [1.82, 2.24) is 0 Å². The number of carbonyl (C=O) groups excluding carboxylic acids is 2. The molecule has 1 fully saturated rings. The maximum atomic E-state index is 12.4. The van der Waals surface area contributed by atoms with Crippen molar-refractivity contribution in [2.75, 3.05) is 4.90 Å². The lowest BCUT2D eigenvalue weighted by Crippen LogP contribution is -2.57. The van der Waals surface area contributed by atoms with E-state index >= 15 is 0 Å². The van der Waals surface area contributed by atoms with Gasteiger partial charge in [0.1, 0.15) is 6.04 Å². The van der Waals surface area contributed by atoms with Crippen molar-refractivity contribution in [3.8, 4) is 0 Å². The molecule has 2 aromatic rings. The van der Waals surface area contributed by atoms with Gasteiger partial charge >= 0.3 is 0 Å². The zero-order valence-corrected chi connectivity index (χ0v) is 11.4. The highest BCUT2D eigenvalue weighted by molar-refractivity contribution is 6.30. The van der Waals surface area contributed by atoms with Gasteiger partial charge in [0.05, 0.1) is 6.42 Å². The van der Waals surface area contributed by atoms with E-state index < -0.39 is 6.04 Å². The first-order chi connectivity index (χ1) is 9.66. The van der Waals surface area contributed by atoms with Crippen LogP contribution < -0.4 is 4.90 Å². The second-order valence-electron chi connectivity index (χ2n) is 4.69. The Balaban J connectivity index is 1.86. The summed E-state index contributed by atoms with van der Waals surface area (Å²) >= 11 is 5.84. The molecule has 0 aliphatic carbocycles. The molecular formula is C16H12ClNO2. The number of nitrogens with zero attached hydrogens (tertiary/aromatic N) is 1. The lowest BCUT2D eigenvalue weighted by molar-refractivity contribution is -0.123. The van der Waals surface area contributed by atoms with Crippen molar-refractivity contribution in [3.05, 3.63) is 65.2 Å². The van der Waals surface area contributed by atoms with Crippen molar-refractivity contribution < 1.29 is 9.59 Å². The molecule has 3 nitrogen and oxygen atoms in total. The zero-order valence-electron chi connectivity index (χ0n) is 10.6. The molecule has 3 rings (SSSR count). The molecule has 1 amide bonds. The van der Waals surface area contributed by atoms with Crippen LogP contribution in [0.2, 0.25) is 5.02 Å². The van der Waals surface area contributed by atoms with Gasteiger partial charge in [-0.1, -0.05) is 41.9 Å². The maximum absolute atomic E-state index is 12.4. The average Bonchev–Trinajstić information content (AvgIpc) is 2.47. The van der Waals surface area contributed by atoms with Gasteiger partial charge in [0, 0.05) is 16.3 Å². The van der Waals surface area contributed by atoms with Crippen molar-refractivity contribution in [3.63, 3.8) is 0 Å². The van der Waals surface area contributed by atoms with E-state index in [-0.39, 0.29) is 18.1 Å². The number of hydrogen-bond donors (Lipinski definition) is 0. The lowest BCUT2D eigenvalue weighted by Gasteiger charge is -2.39. The van der Waals surface area contributed by atoms with E-state index in [2.05, 4.69) is 0 Å². The third-order valence-electron chi connectivity index (χ3n) is 3.41. The van der Waals surface area contributed by atoms with Gasteiger partial charge in [-0.05, 0) is 24.3 Å². The third kappa shape index (κ3) is 2.21. The molecule has 1 aliphatic heterocycles. The molecule has 1 atom stereocenters. The molecule has 4 heteroatoms. The van der Waals surface area contributed by atoms with Crippen molar-refractivity contribution >= 4 is 29.0 Å². The van der Waals surface area contributed by atoms with Crippen molar-refractivity contribution in [1.29, 1.82) is 0 Å². The van der Waals surface area contributed by atoms with E-state index in [1.54, 1.807) is 36.4 Å². The Bertz CT molecular complexity index is 652. The lowest BCUT2D eigenvalue weighted by atomic mass is 9.92. The summed E-state index contributed by atoms with van der Waals surface area (Å²) in [7, 11) is 0. The highest BCUT2D eigenvalue weighted by Gasteiger charge is 2.42. The summed E-state index contributed by atoms with van der Waals surface area (Å²) in [5.74, 6) is -0.0678. The molecule has 100 valence electrons. The van der Waals surface area contributed by atoms with Crippen LogP contribution in [-0.2, 0) is 4.79 Å². The number of Topliss-reactive ketones (excluding diaryl/α,β-unsaturated/α-hetero) is 1. The van der Waals surface area contributed by atoms with Crippen LogP contribution in [0.3, 0.4) is 0 Å². The minimum absolute atomic E-state index is 0.0276. The van der Waals surface area contributed by atoms with E-state index in [9.17, 15) is 9.59 Å². The highest BCUT2D eigenvalue weighted by Crippen LogP contribution is 2.30. The van der Waals surface area contributed by atoms with Gasteiger partial charge in [0.15, 0.2) is 5.78 Å². The Morgan fingerprint density at radius 1 is 1.05 bits per heavy atom. The first kappa shape index (κ1) is 12.9. The number of β-lactam (4-membered cyclic amide) rings is 1. The molecule has 0 N–H and O–H groups in total. The Morgan fingerprint density at radius 2 is 1.70 bits per heavy atom. The smallest absolute Gasteiger partial charge is 0.230 e. The minimum Gasteiger partial charge on any atom is -0.301 e. The fourth-order valence-corrected chi connectivity index (χ4v) is 2.47. The Labute approximate surface area is 121 Å². The summed E-state index contributed by atoms with van der Waals surface area (Å²) in [6, 6.07) is 15.6. The third-order valence-corrected chi connectivity index (χ3v) is 3.67. The first-order valence-corrected chi connectivity index (χ1v) is 6.71. The Hall–Kier alpha value is -2.13. The van der Waals surface area contributed by atoms with Crippen LogP contribution in [0.15, 0.2) is 54.6 Å². The number of ketones is 1. The summed E-state index contributed by atoms with van der Waals surface area (Å²) in [5.41, 5.74) is 1.34. The van der Waals surface area contributed by atoms with Crippen LogP contribution in [0.5, 0.6) is 0 Å². The normalized spacial score (nSPS) is 17.8. The standard InChI is InChI=1S/C16H12ClNO2/c17-12-6-8-13(9-7-12)18-14(10-15(18)19)16(20)11-4-2-1-3-5-11/h1-9,14H,10H2. The minimum atomic E-state index is -0.411. The number of rotatable bonds is 3. The van der Waals surface area contributed by atoms with Crippen LogP contribution >= 0.6 is 11.6 Å². The van der Waals surface area contributed by atoms with Gasteiger partial charge in [-0.25, -0.2) is 0 Å². The summed E-state index contributed by atoms with van der Waals surface area (Å²) in [4.78, 5) is 25.7. The fourth-order valence-electron chi connectivity index (χ4n) is 2.35. The number of halogens is 1. The maximum Gasteiger partial charge on any atom is 0.230 e. The molecule has 20 heavy (non-hydrogen) atoms. The van der Waals surface area contributed by atoms with Crippen LogP contribution in [0, 0.1) is 0 Å². The van der Waals surface area contributed by atoms with Gasteiger partial charge < -0.3 is 4.90 Å². The predicted molar refractivity (Wildman–Crippen MR) is 78.1 cm³/mol. The fraction of sp³-hybridized carbons (Fsp3) is 0.125.